The van der Waals surface area contributed by atoms with Crippen molar-refractivity contribution in [3.63, 3.8) is 0 Å². The molecule has 1 heterocycles. The second-order valence-electron chi connectivity index (χ2n) is 5.99. The van der Waals surface area contributed by atoms with Crippen LogP contribution >= 0.6 is 11.3 Å². The van der Waals surface area contributed by atoms with E-state index in [-0.39, 0.29) is 5.91 Å². The van der Waals surface area contributed by atoms with Crippen molar-refractivity contribution in [3.8, 4) is 0 Å². The molecule has 0 aliphatic heterocycles. The van der Waals surface area contributed by atoms with Crippen LogP contribution in [0.4, 0.5) is 0 Å². The Morgan fingerprint density at radius 1 is 1.11 bits per heavy atom. The summed E-state index contributed by atoms with van der Waals surface area (Å²) < 4.78 is 0. The molecule has 2 aromatic rings. The second-order valence-corrected chi connectivity index (χ2v) is 7.19. The molecule has 0 aliphatic carbocycles. The Morgan fingerprint density at radius 2 is 1.93 bits per heavy atom. The van der Waals surface area contributed by atoms with Gasteiger partial charge in [-0.1, -0.05) is 25.1 Å². The number of nitrogens with zero attached hydrogens (tertiary/aromatic N) is 2. The fourth-order valence-electron chi connectivity index (χ4n) is 2.42. The van der Waals surface area contributed by atoms with E-state index in [2.05, 4.69) is 32.9 Å². The number of carbonyl (C=O) groups excluding carboxylic acids is 1. The summed E-state index contributed by atoms with van der Waals surface area (Å²) in [5.74, 6) is 0.763. The monoisotopic (exact) mass is 387 g/mol. The molecule has 0 bridgehead atoms. The van der Waals surface area contributed by atoms with Gasteiger partial charge in [-0.3, -0.25) is 9.79 Å². The number of aryl methyl sites for hydroxylation is 1. The van der Waals surface area contributed by atoms with Gasteiger partial charge in [0.1, 0.15) is 0 Å². The lowest BCUT2D eigenvalue weighted by Gasteiger charge is -2.10. The standard InChI is InChI=1S/C20H29N5OS/c1-3-17-15-25-18(27-17)11-14-24-20(21-4-2)23-13-8-12-22-19(26)16-9-6-5-7-10-16/h5-7,9-10,15H,3-4,8,11-14H2,1-2H3,(H,22,26)(H2,21,23,24). The quantitative estimate of drug-likeness (QED) is 0.333. The van der Waals surface area contributed by atoms with Gasteiger partial charge in [-0.05, 0) is 31.9 Å². The number of guanidine groups is 1. The Kier molecular flexibility index (Phi) is 9.34. The van der Waals surface area contributed by atoms with E-state index in [4.69, 9.17) is 0 Å². The van der Waals surface area contributed by atoms with Gasteiger partial charge >= 0.3 is 0 Å². The molecule has 0 atom stereocenters. The molecule has 1 amide bonds. The number of amides is 1. The average molecular weight is 388 g/mol. The van der Waals surface area contributed by atoms with Crippen molar-refractivity contribution in [2.75, 3.05) is 26.2 Å². The van der Waals surface area contributed by atoms with Gasteiger partial charge in [0.2, 0.25) is 0 Å². The zero-order chi connectivity index (χ0) is 19.3. The summed E-state index contributed by atoms with van der Waals surface area (Å²) in [5.41, 5.74) is 0.685. The van der Waals surface area contributed by atoms with Crippen LogP contribution in [-0.4, -0.2) is 43.0 Å². The van der Waals surface area contributed by atoms with Crippen LogP contribution in [0.25, 0.3) is 0 Å². The summed E-state index contributed by atoms with van der Waals surface area (Å²) in [7, 11) is 0. The molecular weight excluding hydrogens is 358 g/mol. The summed E-state index contributed by atoms with van der Waals surface area (Å²) in [6.45, 7) is 7.07. The lowest BCUT2D eigenvalue weighted by Crippen LogP contribution is -2.38. The molecule has 6 nitrogen and oxygen atoms in total. The van der Waals surface area contributed by atoms with Crippen molar-refractivity contribution in [1.29, 1.82) is 0 Å². The summed E-state index contributed by atoms with van der Waals surface area (Å²) in [4.78, 5) is 22.3. The number of hydrogen-bond acceptors (Lipinski definition) is 4. The average Bonchev–Trinajstić information content (AvgIpc) is 3.16. The predicted octanol–water partition coefficient (Wildman–Crippen LogP) is 2.62. The molecule has 2 rings (SSSR count). The summed E-state index contributed by atoms with van der Waals surface area (Å²) in [5, 5.41) is 10.7. The second kappa shape index (κ2) is 12.1. The Bertz CT molecular complexity index is 714. The van der Waals surface area contributed by atoms with E-state index in [1.54, 1.807) is 11.3 Å². The van der Waals surface area contributed by atoms with Crippen molar-refractivity contribution in [1.82, 2.24) is 20.9 Å². The minimum absolute atomic E-state index is 0.0421. The van der Waals surface area contributed by atoms with Gasteiger partial charge in [0.25, 0.3) is 5.91 Å². The van der Waals surface area contributed by atoms with E-state index in [1.165, 1.54) is 4.88 Å². The van der Waals surface area contributed by atoms with E-state index in [9.17, 15) is 4.79 Å². The molecule has 1 aromatic heterocycles. The minimum atomic E-state index is -0.0421. The summed E-state index contributed by atoms with van der Waals surface area (Å²) >= 11 is 1.77. The molecule has 0 unspecified atom stereocenters. The van der Waals surface area contributed by atoms with Gasteiger partial charge < -0.3 is 16.0 Å². The number of rotatable bonds is 10. The first-order valence-corrected chi connectivity index (χ1v) is 10.3. The van der Waals surface area contributed by atoms with E-state index < -0.39 is 0 Å². The molecule has 7 heteroatoms. The van der Waals surface area contributed by atoms with E-state index in [0.717, 1.165) is 43.3 Å². The Hall–Kier alpha value is -2.41. The number of aromatic nitrogens is 1. The normalized spacial score (nSPS) is 11.3. The van der Waals surface area contributed by atoms with Gasteiger partial charge in [-0.25, -0.2) is 4.98 Å². The molecule has 0 saturated heterocycles. The molecule has 0 radical (unpaired) electrons. The van der Waals surface area contributed by atoms with Gasteiger partial charge in [0, 0.05) is 49.2 Å². The number of aliphatic imine (C=N–C) groups is 1. The van der Waals surface area contributed by atoms with Crippen LogP contribution in [0.2, 0.25) is 0 Å². The van der Waals surface area contributed by atoms with Crippen LogP contribution < -0.4 is 16.0 Å². The molecule has 27 heavy (non-hydrogen) atoms. The van der Waals surface area contributed by atoms with E-state index in [0.29, 0.717) is 18.7 Å². The van der Waals surface area contributed by atoms with Gasteiger partial charge in [-0.15, -0.1) is 11.3 Å². The highest BCUT2D eigenvalue weighted by atomic mass is 32.1. The Balaban J connectivity index is 1.67. The SMILES string of the molecule is CCNC(=NCCCNC(=O)c1ccccc1)NCCc1ncc(CC)s1. The maximum atomic E-state index is 12.0. The maximum Gasteiger partial charge on any atom is 0.251 e. The van der Waals surface area contributed by atoms with Crippen LogP contribution in [0.1, 0.15) is 40.5 Å². The smallest absolute Gasteiger partial charge is 0.251 e. The highest BCUT2D eigenvalue weighted by molar-refractivity contribution is 7.11. The van der Waals surface area contributed by atoms with Crippen molar-refractivity contribution < 1.29 is 4.79 Å². The van der Waals surface area contributed by atoms with E-state index >= 15 is 0 Å². The van der Waals surface area contributed by atoms with Gasteiger partial charge in [0.15, 0.2) is 5.96 Å². The molecule has 3 N–H and O–H groups in total. The lowest BCUT2D eigenvalue weighted by atomic mass is 10.2. The van der Waals surface area contributed by atoms with Crippen LogP contribution in [0.15, 0.2) is 41.5 Å². The summed E-state index contributed by atoms with van der Waals surface area (Å²) in [6.07, 6.45) is 4.68. The number of carbonyl (C=O) groups is 1. The molecule has 0 saturated carbocycles. The minimum Gasteiger partial charge on any atom is -0.357 e. The molecular formula is C20H29N5OS. The molecule has 0 fully saturated rings. The van der Waals surface area contributed by atoms with E-state index in [1.807, 2.05) is 43.5 Å². The summed E-state index contributed by atoms with van der Waals surface area (Å²) in [6, 6.07) is 9.25. The number of nitrogens with one attached hydrogen (secondary N) is 3. The van der Waals surface area contributed by atoms with Crippen molar-refractivity contribution in [3.05, 3.63) is 52.0 Å². The number of thiazole rings is 1. The Labute approximate surface area is 165 Å². The van der Waals surface area contributed by atoms with Crippen LogP contribution in [0, 0.1) is 0 Å². The number of benzene rings is 1. The van der Waals surface area contributed by atoms with Crippen LogP contribution in [0.3, 0.4) is 0 Å². The third-order valence-electron chi connectivity index (χ3n) is 3.85. The van der Waals surface area contributed by atoms with Gasteiger partial charge in [0.05, 0.1) is 5.01 Å². The first-order chi connectivity index (χ1) is 13.2. The highest BCUT2D eigenvalue weighted by Gasteiger charge is 2.04. The van der Waals surface area contributed by atoms with Crippen LogP contribution in [0.5, 0.6) is 0 Å². The molecule has 0 spiro atoms. The molecule has 0 aliphatic rings. The van der Waals surface area contributed by atoms with Crippen molar-refractivity contribution in [2.24, 2.45) is 4.99 Å². The third kappa shape index (κ3) is 7.78. The lowest BCUT2D eigenvalue weighted by molar-refractivity contribution is 0.0953. The third-order valence-corrected chi connectivity index (χ3v) is 5.05. The number of hydrogen-bond donors (Lipinski definition) is 3. The zero-order valence-electron chi connectivity index (χ0n) is 16.1. The Morgan fingerprint density at radius 3 is 2.63 bits per heavy atom. The largest absolute Gasteiger partial charge is 0.357 e. The first-order valence-electron chi connectivity index (χ1n) is 9.52. The topological polar surface area (TPSA) is 78.4 Å². The van der Waals surface area contributed by atoms with Crippen molar-refractivity contribution >= 4 is 23.2 Å². The van der Waals surface area contributed by atoms with Crippen LogP contribution in [-0.2, 0) is 12.8 Å². The zero-order valence-corrected chi connectivity index (χ0v) is 16.9. The van der Waals surface area contributed by atoms with Gasteiger partial charge in [-0.2, -0.15) is 0 Å². The molecule has 1 aromatic carbocycles. The van der Waals surface area contributed by atoms with Crippen molar-refractivity contribution in [2.45, 2.75) is 33.1 Å². The first kappa shape index (κ1) is 20.9. The fourth-order valence-corrected chi connectivity index (χ4v) is 3.28. The highest BCUT2D eigenvalue weighted by Crippen LogP contribution is 2.13. The fraction of sp³-hybridized carbons (Fsp3) is 0.450. The maximum absolute atomic E-state index is 12.0. The molecule has 146 valence electrons. The predicted molar refractivity (Wildman–Crippen MR) is 113 cm³/mol.